The molecule has 0 fully saturated rings. The summed E-state index contributed by atoms with van der Waals surface area (Å²) in [7, 11) is 0. The first kappa shape index (κ1) is 12.6. The molecule has 0 aliphatic rings. The molecule has 5 heteroatoms. The quantitative estimate of drug-likeness (QED) is 0.817. The number of benzene rings is 2. The predicted octanol–water partition coefficient (Wildman–Crippen LogP) is 3.32. The minimum Gasteiger partial charge on any atom is -0.383 e. The lowest BCUT2D eigenvalue weighted by molar-refractivity contribution is 0.208. The van der Waals surface area contributed by atoms with E-state index in [0.29, 0.717) is 12.1 Å². The number of hydrogen-bond donors (Lipinski definition) is 1. The minimum absolute atomic E-state index is 0.0144. The van der Waals surface area contributed by atoms with Crippen LogP contribution < -0.4 is 0 Å². The lowest BCUT2D eigenvalue weighted by atomic mass is 10.0. The molecular formula is C13H8F4O. The second kappa shape index (κ2) is 4.78. The normalized spacial score (nSPS) is 12.5. The molecule has 0 aliphatic carbocycles. The van der Waals surface area contributed by atoms with Gasteiger partial charge in [0, 0.05) is 12.1 Å². The Balaban J connectivity index is 2.49. The molecule has 0 aliphatic heterocycles. The van der Waals surface area contributed by atoms with Crippen molar-refractivity contribution in [1.29, 1.82) is 0 Å². The first-order chi connectivity index (χ1) is 8.49. The van der Waals surface area contributed by atoms with Gasteiger partial charge < -0.3 is 5.11 Å². The Kier molecular flexibility index (Phi) is 3.34. The van der Waals surface area contributed by atoms with Crippen LogP contribution in [0.1, 0.15) is 17.2 Å². The molecule has 0 aromatic heterocycles. The highest BCUT2D eigenvalue weighted by Crippen LogP contribution is 2.27. The zero-order valence-corrected chi connectivity index (χ0v) is 9.00. The van der Waals surface area contributed by atoms with Gasteiger partial charge in [-0.2, -0.15) is 0 Å². The van der Waals surface area contributed by atoms with Crippen LogP contribution in [0.25, 0.3) is 0 Å². The molecule has 18 heavy (non-hydrogen) atoms. The van der Waals surface area contributed by atoms with Gasteiger partial charge in [-0.1, -0.05) is 12.1 Å². The fourth-order valence-electron chi connectivity index (χ4n) is 1.66. The molecule has 2 aromatic carbocycles. The summed E-state index contributed by atoms with van der Waals surface area (Å²) in [6.07, 6.45) is -1.69. The molecule has 0 heterocycles. The van der Waals surface area contributed by atoms with Crippen molar-refractivity contribution in [2.24, 2.45) is 0 Å². The van der Waals surface area contributed by atoms with Gasteiger partial charge in [-0.25, -0.2) is 17.6 Å². The molecule has 1 nitrogen and oxygen atoms in total. The van der Waals surface area contributed by atoms with Crippen LogP contribution in [-0.4, -0.2) is 5.11 Å². The molecule has 1 unspecified atom stereocenters. The standard InChI is InChI=1S/C13H8F4O/c14-8-3-1-2-7(4-8)13(18)12-10(16)5-9(15)6-11(12)17/h1-6,13,18H. The molecular weight excluding hydrogens is 248 g/mol. The van der Waals surface area contributed by atoms with Crippen LogP contribution in [0.15, 0.2) is 36.4 Å². The number of halogens is 4. The Morgan fingerprint density at radius 1 is 0.833 bits per heavy atom. The fraction of sp³-hybridized carbons (Fsp3) is 0.0769. The van der Waals surface area contributed by atoms with Crippen molar-refractivity contribution >= 4 is 0 Å². The van der Waals surface area contributed by atoms with E-state index in [1.165, 1.54) is 12.1 Å². The Labute approximate surface area is 100 Å². The molecule has 0 saturated heterocycles. The molecule has 94 valence electrons. The topological polar surface area (TPSA) is 20.2 Å². The Hall–Kier alpha value is -1.88. The third kappa shape index (κ3) is 2.36. The smallest absolute Gasteiger partial charge is 0.135 e. The summed E-state index contributed by atoms with van der Waals surface area (Å²) < 4.78 is 52.5. The number of aliphatic hydroxyl groups excluding tert-OH is 1. The van der Waals surface area contributed by atoms with Crippen molar-refractivity contribution in [3.8, 4) is 0 Å². The van der Waals surface area contributed by atoms with E-state index in [-0.39, 0.29) is 5.56 Å². The highest BCUT2D eigenvalue weighted by atomic mass is 19.1. The fourth-order valence-corrected chi connectivity index (χ4v) is 1.66. The van der Waals surface area contributed by atoms with Crippen LogP contribution in [-0.2, 0) is 0 Å². The summed E-state index contributed by atoms with van der Waals surface area (Å²) in [4.78, 5) is 0. The van der Waals surface area contributed by atoms with Crippen molar-refractivity contribution in [2.75, 3.05) is 0 Å². The highest BCUT2D eigenvalue weighted by Gasteiger charge is 2.21. The zero-order valence-electron chi connectivity index (χ0n) is 9.00. The van der Waals surface area contributed by atoms with E-state index in [9.17, 15) is 22.7 Å². The molecule has 0 radical (unpaired) electrons. The number of aliphatic hydroxyl groups is 1. The average Bonchev–Trinajstić information content (AvgIpc) is 2.27. The van der Waals surface area contributed by atoms with Crippen molar-refractivity contribution in [3.05, 3.63) is 70.8 Å². The first-order valence-corrected chi connectivity index (χ1v) is 5.07. The van der Waals surface area contributed by atoms with Gasteiger partial charge in [-0.3, -0.25) is 0 Å². The van der Waals surface area contributed by atoms with E-state index in [0.717, 1.165) is 12.1 Å². The van der Waals surface area contributed by atoms with E-state index >= 15 is 0 Å². The van der Waals surface area contributed by atoms with Gasteiger partial charge in [-0.05, 0) is 17.7 Å². The van der Waals surface area contributed by atoms with Gasteiger partial charge in [0.05, 0.1) is 5.56 Å². The second-order valence-electron chi connectivity index (χ2n) is 3.74. The molecule has 1 atom stereocenters. The lowest BCUT2D eigenvalue weighted by Gasteiger charge is -2.13. The molecule has 0 spiro atoms. The van der Waals surface area contributed by atoms with Gasteiger partial charge in [0.15, 0.2) is 0 Å². The first-order valence-electron chi connectivity index (χ1n) is 5.07. The molecule has 0 amide bonds. The van der Waals surface area contributed by atoms with Crippen LogP contribution in [0.5, 0.6) is 0 Å². The summed E-state index contributed by atoms with van der Waals surface area (Å²) in [6.45, 7) is 0. The van der Waals surface area contributed by atoms with Crippen molar-refractivity contribution in [2.45, 2.75) is 6.10 Å². The van der Waals surface area contributed by atoms with Crippen molar-refractivity contribution < 1.29 is 22.7 Å². The summed E-state index contributed by atoms with van der Waals surface area (Å²) in [6, 6.07) is 5.62. The van der Waals surface area contributed by atoms with E-state index in [2.05, 4.69) is 0 Å². The third-order valence-electron chi connectivity index (χ3n) is 2.48. The van der Waals surface area contributed by atoms with E-state index < -0.39 is 34.9 Å². The van der Waals surface area contributed by atoms with E-state index in [1.54, 1.807) is 0 Å². The number of rotatable bonds is 2. The molecule has 1 N–H and O–H groups in total. The van der Waals surface area contributed by atoms with Crippen LogP contribution >= 0.6 is 0 Å². The van der Waals surface area contributed by atoms with Crippen molar-refractivity contribution in [3.63, 3.8) is 0 Å². The monoisotopic (exact) mass is 256 g/mol. The average molecular weight is 256 g/mol. The maximum absolute atomic E-state index is 13.4. The Morgan fingerprint density at radius 2 is 1.44 bits per heavy atom. The second-order valence-corrected chi connectivity index (χ2v) is 3.74. The van der Waals surface area contributed by atoms with Gasteiger partial charge in [0.1, 0.15) is 29.4 Å². The molecule has 2 rings (SSSR count). The summed E-state index contributed by atoms with van der Waals surface area (Å²) in [5.41, 5.74) is -0.721. The third-order valence-corrected chi connectivity index (χ3v) is 2.48. The summed E-state index contributed by atoms with van der Waals surface area (Å²) >= 11 is 0. The van der Waals surface area contributed by atoms with E-state index in [1.807, 2.05) is 0 Å². The predicted molar refractivity (Wildman–Crippen MR) is 56.8 cm³/mol. The molecule has 2 aromatic rings. The van der Waals surface area contributed by atoms with Gasteiger partial charge in [0.2, 0.25) is 0 Å². The van der Waals surface area contributed by atoms with Crippen LogP contribution in [0.4, 0.5) is 17.6 Å². The molecule has 0 bridgehead atoms. The lowest BCUT2D eigenvalue weighted by Crippen LogP contribution is -2.06. The molecule has 0 saturated carbocycles. The van der Waals surface area contributed by atoms with Gasteiger partial charge in [0.25, 0.3) is 0 Å². The minimum atomic E-state index is -1.69. The number of hydrogen-bond acceptors (Lipinski definition) is 1. The van der Waals surface area contributed by atoms with Crippen LogP contribution in [0.2, 0.25) is 0 Å². The maximum Gasteiger partial charge on any atom is 0.135 e. The van der Waals surface area contributed by atoms with Crippen molar-refractivity contribution in [1.82, 2.24) is 0 Å². The maximum atomic E-state index is 13.4. The van der Waals surface area contributed by atoms with Crippen LogP contribution in [0, 0.1) is 23.3 Å². The Bertz CT molecular complexity index is 560. The zero-order chi connectivity index (χ0) is 13.3. The SMILES string of the molecule is OC(c1cccc(F)c1)c1c(F)cc(F)cc1F. The van der Waals surface area contributed by atoms with E-state index in [4.69, 9.17) is 0 Å². The Morgan fingerprint density at radius 3 is 2.00 bits per heavy atom. The summed E-state index contributed by atoms with van der Waals surface area (Å²) in [5, 5.41) is 9.80. The van der Waals surface area contributed by atoms with Crippen LogP contribution in [0.3, 0.4) is 0 Å². The summed E-state index contributed by atoms with van der Waals surface area (Å²) in [5.74, 6) is -4.16. The highest BCUT2D eigenvalue weighted by molar-refractivity contribution is 5.32. The van der Waals surface area contributed by atoms with Gasteiger partial charge >= 0.3 is 0 Å². The van der Waals surface area contributed by atoms with Gasteiger partial charge in [-0.15, -0.1) is 0 Å². The largest absolute Gasteiger partial charge is 0.383 e.